The number of alkyl halides is 1. The fourth-order valence-corrected chi connectivity index (χ4v) is 2.37. The lowest BCUT2D eigenvalue weighted by Gasteiger charge is -2.26. The van der Waals surface area contributed by atoms with Crippen molar-refractivity contribution in [2.45, 2.75) is 19.1 Å². The van der Waals surface area contributed by atoms with Gasteiger partial charge in [0.1, 0.15) is 6.61 Å². The molecule has 1 N–H and O–H groups in total. The summed E-state index contributed by atoms with van der Waals surface area (Å²) in [7, 11) is 0. The highest BCUT2D eigenvalue weighted by Gasteiger charge is 2.21. The molecule has 1 aliphatic rings. The van der Waals surface area contributed by atoms with Gasteiger partial charge in [-0.2, -0.15) is 5.10 Å². The molecule has 0 saturated heterocycles. The molecule has 116 valence electrons. The van der Waals surface area contributed by atoms with Gasteiger partial charge in [-0.1, -0.05) is 12.1 Å². The van der Waals surface area contributed by atoms with Gasteiger partial charge in [0.15, 0.2) is 17.6 Å². The number of amides is 1. The smallest absolute Gasteiger partial charge is 0.225 e. The third kappa shape index (κ3) is 3.51. The van der Waals surface area contributed by atoms with E-state index in [4.69, 9.17) is 21.1 Å². The van der Waals surface area contributed by atoms with Gasteiger partial charge >= 0.3 is 0 Å². The predicted molar refractivity (Wildman–Crippen MR) is 82.5 cm³/mol. The SMILES string of the molecule is O=C(CCCl)Nc1cnn(CC2COc3ccccc3O2)c1. The highest BCUT2D eigenvalue weighted by Crippen LogP contribution is 2.31. The molecule has 0 fully saturated rings. The van der Waals surface area contributed by atoms with Gasteiger partial charge in [-0.25, -0.2) is 0 Å². The van der Waals surface area contributed by atoms with Crippen molar-refractivity contribution in [1.29, 1.82) is 0 Å². The molecule has 22 heavy (non-hydrogen) atoms. The second-order valence-electron chi connectivity index (χ2n) is 4.94. The first-order chi connectivity index (χ1) is 10.7. The number of para-hydroxylation sites is 2. The van der Waals surface area contributed by atoms with E-state index in [1.54, 1.807) is 17.1 Å². The van der Waals surface area contributed by atoms with E-state index in [0.29, 0.717) is 24.7 Å². The van der Waals surface area contributed by atoms with Gasteiger partial charge in [-0.3, -0.25) is 9.48 Å². The van der Waals surface area contributed by atoms with Crippen LogP contribution < -0.4 is 14.8 Å². The molecular formula is C15H16ClN3O3. The van der Waals surface area contributed by atoms with Crippen molar-refractivity contribution in [3.05, 3.63) is 36.7 Å². The third-order valence-electron chi connectivity index (χ3n) is 3.20. The summed E-state index contributed by atoms with van der Waals surface area (Å²) >= 11 is 5.53. The van der Waals surface area contributed by atoms with Crippen molar-refractivity contribution in [2.24, 2.45) is 0 Å². The second-order valence-corrected chi connectivity index (χ2v) is 5.31. The summed E-state index contributed by atoms with van der Waals surface area (Å²) < 4.78 is 13.3. The van der Waals surface area contributed by atoms with Gasteiger partial charge in [0, 0.05) is 18.5 Å². The molecule has 0 bridgehead atoms. The number of carbonyl (C=O) groups is 1. The molecule has 0 saturated carbocycles. The maximum atomic E-state index is 11.5. The van der Waals surface area contributed by atoms with Crippen molar-refractivity contribution in [2.75, 3.05) is 17.8 Å². The summed E-state index contributed by atoms with van der Waals surface area (Å²) in [4.78, 5) is 11.5. The Balaban J connectivity index is 1.58. The predicted octanol–water partition coefficient (Wildman–Crippen LogP) is 2.29. The number of hydrogen-bond acceptors (Lipinski definition) is 4. The van der Waals surface area contributed by atoms with E-state index < -0.39 is 0 Å². The molecule has 2 heterocycles. The molecule has 0 aliphatic carbocycles. The minimum absolute atomic E-state index is 0.124. The Hall–Kier alpha value is -2.21. The Morgan fingerprint density at radius 2 is 2.23 bits per heavy atom. The van der Waals surface area contributed by atoms with Crippen LogP contribution in [0.5, 0.6) is 11.5 Å². The summed E-state index contributed by atoms with van der Waals surface area (Å²) in [5, 5.41) is 6.95. The number of anilines is 1. The first-order valence-electron chi connectivity index (χ1n) is 7.01. The van der Waals surface area contributed by atoms with Crippen LogP contribution in [0, 0.1) is 0 Å². The highest BCUT2D eigenvalue weighted by molar-refractivity contribution is 6.19. The molecule has 6 nitrogen and oxygen atoms in total. The zero-order valence-corrected chi connectivity index (χ0v) is 12.6. The van der Waals surface area contributed by atoms with Crippen LogP contribution in [0.3, 0.4) is 0 Å². The van der Waals surface area contributed by atoms with Crippen LogP contribution in [0.4, 0.5) is 5.69 Å². The van der Waals surface area contributed by atoms with E-state index in [2.05, 4.69) is 10.4 Å². The molecule has 1 amide bonds. The molecule has 1 aliphatic heterocycles. The number of nitrogens with zero attached hydrogens (tertiary/aromatic N) is 2. The van der Waals surface area contributed by atoms with Gasteiger partial charge in [-0.05, 0) is 12.1 Å². The second kappa shape index (κ2) is 6.70. The first-order valence-corrected chi connectivity index (χ1v) is 7.55. The fourth-order valence-electron chi connectivity index (χ4n) is 2.20. The molecule has 1 unspecified atom stereocenters. The van der Waals surface area contributed by atoms with Crippen LogP contribution in [0.2, 0.25) is 0 Å². The van der Waals surface area contributed by atoms with Crippen LogP contribution in [0.25, 0.3) is 0 Å². The molecule has 1 aromatic heterocycles. The van der Waals surface area contributed by atoms with Crippen LogP contribution in [-0.2, 0) is 11.3 Å². The summed E-state index contributed by atoms with van der Waals surface area (Å²) in [6.07, 6.45) is 3.52. The number of carbonyl (C=O) groups excluding carboxylic acids is 1. The van der Waals surface area contributed by atoms with E-state index in [9.17, 15) is 4.79 Å². The Kier molecular flexibility index (Phi) is 4.48. The van der Waals surface area contributed by atoms with Gasteiger partial charge in [-0.15, -0.1) is 11.6 Å². The lowest BCUT2D eigenvalue weighted by atomic mass is 10.2. The number of ether oxygens (including phenoxy) is 2. The molecular weight excluding hydrogens is 306 g/mol. The summed E-state index contributed by atoms with van der Waals surface area (Å²) in [5.41, 5.74) is 0.646. The van der Waals surface area contributed by atoms with Crippen molar-refractivity contribution in [3.63, 3.8) is 0 Å². The summed E-state index contributed by atoms with van der Waals surface area (Å²) in [6, 6.07) is 7.57. The zero-order valence-electron chi connectivity index (χ0n) is 11.9. The van der Waals surface area contributed by atoms with Gasteiger partial charge in [0.2, 0.25) is 5.91 Å². The maximum Gasteiger partial charge on any atom is 0.225 e. The fraction of sp³-hybridized carbons (Fsp3) is 0.333. The minimum atomic E-state index is -0.124. The van der Waals surface area contributed by atoms with Gasteiger partial charge in [0.05, 0.1) is 18.4 Å². The number of halogens is 1. The minimum Gasteiger partial charge on any atom is -0.486 e. The Morgan fingerprint density at radius 3 is 3.05 bits per heavy atom. The molecule has 2 aromatic rings. The van der Waals surface area contributed by atoms with Crippen molar-refractivity contribution < 1.29 is 14.3 Å². The number of nitrogens with one attached hydrogen (secondary N) is 1. The normalized spacial score (nSPS) is 16.3. The summed E-state index contributed by atoms with van der Waals surface area (Å²) in [6.45, 7) is 1.00. The largest absolute Gasteiger partial charge is 0.486 e. The monoisotopic (exact) mass is 321 g/mol. The topological polar surface area (TPSA) is 65.4 Å². The Labute approximate surface area is 133 Å². The summed E-state index contributed by atoms with van der Waals surface area (Å²) in [5.74, 6) is 1.67. The molecule has 7 heteroatoms. The van der Waals surface area contributed by atoms with E-state index in [-0.39, 0.29) is 18.4 Å². The van der Waals surface area contributed by atoms with E-state index in [0.717, 1.165) is 11.5 Å². The van der Waals surface area contributed by atoms with Gasteiger partial charge < -0.3 is 14.8 Å². The highest BCUT2D eigenvalue weighted by atomic mass is 35.5. The molecule has 0 radical (unpaired) electrons. The van der Waals surface area contributed by atoms with Crippen molar-refractivity contribution in [1.82, 2.24) is 9.78 Å². The molecule has 3 rings (SSSR count). The number of aromatic nitrogens is 2. The van der Waals surface area contributed by atoms with Crippen molar-refractivity contribution >= 4 is 23.2 Å². The van der Waals surface area contributed by atoms with Crippen molar-refractivity contribution in [3.8, 4) is 11.5 Å². The van der Waals surface area contributed by atoms with Crippen LogP contribution >= 0.6 is 11.6 Å². The Bertz CT molecular complexity index is 659. The number of fused-ring (bicyclic) bond motifs is 1. The van der Waals surface area contributed by atoms with E-state index >= 15 is 0 Å². The molecule has 0 spiro atoms. The number of benzene rings is 1. The quantitative estimate of drug-likeness (QED) is 0.858. The standard InChI is InChI=1S/C15H16ClN3O3/c16-6-5-15(20)18-11-7-17-19(8-11)9-12-10-21-13-3-1-2-4-14(13)22-12/h1-4,7-8,12H,5-6,9-10H2,(H,18,20). The first kappa shape index (κ1) is 14.7. The average Bonchev–Trinajstić information content (AvgIpc) is 2.94. The van der Waals surface area contributed by atoms with E-state index in [1.165, 1.54) is 0 Å². The van der Waals surface area contributed by atoms with Crippen LogP contribution in [0.15, 0.2) is 36.7 Å². The average molecular weight is 322 g/mol. The van der Waals surface area contributed by atoms with Crippen LogP contribution in [0.1, 0.15) is 6.42 Å². The lowest BCUT2D eigenvalue weighted by molar-refractivity contribution is -0.115. The molecule has 1 atom stereocenters. The number of rotatable bonds is 5. The van der Waals surface area contributed by atoms with Gasteiger partial charge in [0.25, 0.3) is 0 Å². The lowest BCUT2D eigenvalue weighted by Crippen LogP contribution is -2.33. The Morgan fingerprint density at radius 1 is 1.41 bits per heavy atom. The van der Waals surface area contributed by atoms with Crippen LogP contribution in [-0.4, -0.2) is 34.3 Å². The maximum absolute atomic E-state index is 11.5. The third-order valence-corrected chi connectivity index (χ3v) is 3.39. The molecule has 1 aromatic carbocycles. The number of hydrogen-bond donors (Lipinski definition) is 1. The zero-order chi connectivity index (χ0) is 15.4. The van der Waals surface area contributed by atoms with E-state index in [1.807, 2.05) is 24.3 Å².